The van der Waals surface area contributed by atoms with Crippen LogP contribution in [0.2, 0.25) is 0 Å². The minimum absolute atomic E-state index is 0.0448. The summed E-state index contributed by atoms with van der Waals surface area (Å²) in [6, 6.07) is 110. The van der Waals surface area contributed by atoms with Crippen molar-refractivity contribution < 1.29 is 0 Å². The molecule has 0 bridgehead atoms. The van der Waals surface area contributed by atoms with Crippen LogP contribution < -0.4 is 19.6 Å². The first-order valence-electron chi connectivity index (χ1n) is 33.8. The summed E-state index contributed by atoms with van der Waals surface area (Å²) in [6.07, 6.45) is 0. The summed E-state index contributed by atoms with van der Waals surface area (Å²) in [4.78, 5) is 10.1. The minimum Gasteiger partial charge on any atom is -0.309 e. The van der Waals surface area contributed by atoms with Crippen molar-refractivity contribution in [2.75, 3.05) is 19.6 Å². The van der Waals surface area contributed by atoms with Crippen LogP contribution in [0.15, 0.2) is 291 Å². The Morgan fingerprint density at radius 3 is 0.646 bits per heavy atom. The lowest BCUT2D eigenvalue weighted by molar-refractivity contribution is 0.590. The fourth-order valence-corrected chi connectivity index (χ4v) is 14.9. The number of nitrogens with zero attached hydrogens (tertiary/aromatic N) is 4. The van der Waals surface area contributed by atoms with Gasteiger partial charge in [0.2, 0.25) is 0 Å². The maximum Gasteiger partial charge on any atom is 0.0620 e. The van der Waals surface area contributed by atoms with E-state index in [9.17, 15) is 0 Å². The van der Waals surface area contributed by atoms with Crippen LogP contribution in [0.5, 0.6) is 0 Å². The summed E-state index contributed by atoms with van der Waals surface area (Å²) < 4.78 is 0. The van der Waals surface area contributed by atoms with Crippen molar-refractivity contribution >= 4 is 144 Å². The van der Waals surface area contributed by atoms with Gasteiger partial charge in [0.05, 0.1) is 34.1 Å². The predicted octanol–water partition coefficient (Wildman–Crippen LogP) is 26.9. The molecule has 0 aliphatic rings. The van der Waals surface area contributed by atoms with E-state index in [-0.39, 0.29) is 10.8 Å². The van der Waals surface area contributed by atoms with E-state index in [0.717, 1.165) is 111 Å². The predicted molar refractivity (Wildman–Crippen MR) is 415 cm³/mol. The Hall–Kier alpha value is -11.2. The summed E-state index contributed by atoms with van der Waals surface area (Å²) in [5, 5.41) is 16.5. The fourth-order valence-electron chi connectivity index (χ4n) is 14.9. The van der Waals surface area contributed by atoms with E-state index in [1.165, 1.54) is 65.7 Å². The molecule has 0 aliphatic carbocycles. The first kappa shape index (κ1) is 59.8. The number of hydrogen-bond acceptors (Lipinski definition) is 4. The summed E-state index contributed by atoms with van der Waals surface area (Å²) in [5.41, 5.74) is 20.7. The second-order valence-corrected chi connectivity index (χ2v) is 28.4. The van der Waals surface area contributed by atoms with Gasteiger partial charge in [0.1, 0.15) is 0 Å². The Bertz CT molecular complexity index is 5060. The molecule has 0 atom stereocenters. The molecule has 16 rings (SSSR count). The zero-order chi connectivity index (χ0) is 65.7. The second kappa shape index (κ2) is 23.4. The molecule has 0 saturated carbocycles. The minimum atomic E-state index is -0.0448. The van der Waals surface area contributed by atoms with Gasteiger partial charge in [0, 0.05) is 88.0 Å². The number of anilines is 12. The first-order chi connectivity index (χ1) is 46.6. The molecule has 0 fully saturated rings. The molecule has 0 unspecified atom stereocenters. The molecule has 4 heteroatoms. The molecule has 16 aromatic rings. The summed E-state index contributed by atoms with van der Waals surface area (Å²) in [6.45, 7) is 22.5. The topological polar surface area (TPSA) is 13.0 Å². The third-order valence-electron chi connectivity index (χ3n) is 19.9. The molecule has 0 aromatic heterocycles. The van der Waals surface area contributed by atoms with Gasteiger partial charge in [-0.2, -0.15) is 0 Å². The number of aryl methyl sites for hydroxylation is 4. The average Bonchev–Trinajstić information content (AvgIpc) is 0.714. The highest BCUT2D eigenvalue weighted by atomic mass is 15.2. The standard InChI is InChI=1S/C92H78N4/c1-59-27-43-67(44-28-59)93(68-45-29-60(2)30-46-68)87-73-19-11-15-23-77(73)89(78-24-16-12-20-74(78)87)95(71-51-39-65(40-52-71)91(5,6)7)83-57-37-63-36-56-82-84(58-38-64-35-55-81(83)85(63)86(64)82)96(72-53-41-66(42-54-72)92(8,9)10)90-79-25-17-13-21-75(79)88(76-22-14-18-26-80(76)90)94(69-47-31-61(3)32-48-69)70-49-33-62(4)34-50-70/h11-58H,1-10H3. The molecule has 16 aromatic carbocycles. The Labute approximate surface area is 564 Å². The second-order valence-electron chi connectivity index (χ2n) is 28.4. The molecule has 0 saturated heterocycles. The molecule has 4 nitrogen and oxygen atoms in total. The van der Waals surface area contributed by atoms with E-state index in [4.69, 9.17) is 0 Å². The zero-order valence-electron chi connectivity index (χ0n) is 56.5. The van der Waals surface area contributed by atoms with E-state index >= 15 is 0 Å². The third-order valence-corrected chi connectivity index (χ3v) is 19.9. The fraction of sp³-hybridized carbons (Fsp3) is 0.130. The SMILES string of the molecule is Cc1ccc(N(c2ccc(C)cc2)c2c3ccccc3c(N(c3ccc(C(C)(C)C)cc3)c3ccc4ccc5c(N(c6ccc(C(C)(C)C)cc6)c6c7ccccc7c(N(c7ccc(C)cc7)c7ccc(C)cc7)c7ccccc67)ccc6ccc3c4c65)c3ccccc23)cc1. The Morgan fingerprint density at radius 1 is 0.198 bits per heavy atom. The van der Waals surface area contributed by atoms with Crippen molar-refractivity contribution in [1.82, 2.24) is 0 Å². The van der Waals surface area contributed by atoms with Crippen LogP contribution in [0, 0.1) is 27.7 Å². The maximum absolute atomic E-state index is 2.58. The van der Waals surface area contributed by atoms with Gasteiger partial charge in [-0.1, -0.05) is 270 Å². The molecule has 0 aliphatic heterocycles. The van der Waals surface area contributed by atoms with Gasteiger partial charge in [-0.3, -0.25) is 0 Å². The molecule has 0 radical (unpaired) electrons. The van der Waals surface area contributed by atoms with Crippen molar-refractivity contribution in [3.8, 4) is 0 Å². The molecular weight excluding hydrogens is 1160 g/mol. The Balaban J connectivity index is 0.969. The summed E-state index contributed by atoms with van der Waals surface area (Å²) in [5.74, 6) is 0. The highest BCUT2D eigenvalue weighted by molar-refractivity contribution is 6.31. The normalized spacial score (nSPS) is 12.1. The highest BCUT2D eigenvalue weighted by Crippen LogP contribution is 2.56. The number of hydrogen-bond donors (Lipinski definition) is 0. The lowest BCUT2D eigenvalue weighted by atomic mass is 9.86. The summed E-state index contributed by atoms with van der Waals surface area (Å²) >= 11 is 0. The first-order valence-corrected chi connectivity index (χ1v) is 33.8. The molecule has 96 heavy (non-hydrogen) atoms. The average molecular weight is 1240 g/mol. The lowest BCUT2D eigenvalue weighted by Crippen LogP contribution is -2.16. The highest BCUT2D eigenvalue weighted by Gasteiger charge is 2.31. The molecule has 466 valence electrons. The van der Waals surface area contributed by atoms with Gasteiger partial charge < -0.3 is 19.6 Å². The van der Waals surface area contributed by atoms with Gasteiger partial charge in [0.15, 0.2) is 0 Å². The van der Waals surface area contributed by atoms with E-state index in [1.54, 1.807) is 0 Å². The van der Waals surface area contributed by atoms with Crippen LogP contribution >= 0.6 is 0 Å². The van der Waals surface area contributed by atoms with Crippen LogP contribution in [0.3, 0.4) is 0 Å². The monoisotopic (exact) mass is 1240 g/mol. The van der Waals surface area contributed by atoms with Crippen LogP contribution in [-0.2, 0) is 10.8 Å². The Morgan fingerprint density at radius 2 is 0.406 bits per heavy atom. The van der Waals surface area contributed by atoms with Gasteiger partial charge in [0.25, 0.3) is 0 Å². The largest absolute Gasteiger partial charge is 0.309 e. The van der Waals surface area contributed by atoms with Crippen molar-refractivity contribution in [2.45, 2.75) is 80.1 Å². The zero-order valence-corrected chi connectivity index (χ0v) is 56.5. The quantitative estimate of drug-likeness (QED) is 0.0687. The Kier molecular flexibility index (Phi) is 14.6. The molecular formula is C92H78N4. The molecule has 0 amide bonds. The third kappa shape index (κ3) is 10.2. The van der Waals surface area contributed by atoms with E-state index < -0.39 is 0 Å². The number of benzene rings is 16. The molecule has 0 N–H and O–H groups in total. The van der Waals surface area contributed by atoms with E-state index in [1.807, 2.05) is 0 Å². The van der Waals surface area contributed by atoms with Gasteiger partial charge in [-0.05, 0) is 156 Å². The maximum atomic E-state index is 2.58. The smallest absolute Gasteiger partial charge is 0.0620 e. The van der Waals surface area contributed by atoms with Crippen LogP contribution in [0.25, 0.3) is 75.4 Å². The van der Waals surface area contributed by atoms with Gasteiger partial charge in [-0.25, -0.2) is 0 Å². The van der Waals surface area contributed by atoms with Crippen LogP contribution in [-0.4, -0.2) is 0 Å². The van der Waals surface area contributed by atoms with Crippen molar-refractivity contribution in [1.29, 1.82) is 0 Å². The van der Waals surface area contributed by atoms with E-state index in [2.05, 4.69) is 380 Å². The number of rotatable bonds is 12. The van der Waals surface area contributed by atoms with Crippen LogP contribution in [0.4, 0.5) is 68.2 Å². The molecule has 0 spiro atoms. The van der Waals surface area contributed by atoms with Crippen LogP contribution in [0.1, 0.15) is 74.9 Å². The van der Waals surface area contributed by atoms with Crippen molar-refractivity contribution in [3.05, 3.63) is 325 Å². The van der Waals surface area contributed by atoms with Gasteiger partial charge >= 0.3 is 0 Å². The van der Waals surface area contributed by atoms with Crippen molar-refractivity contribution in [3.63, 3.8) is 0 Å². The lowest BCUT2D eigenvalue weighted by Gasteiger charge is -2.34. The van der Waals surface area contributed by atoms with Gasteiger partial charge in [-0.15, -0.1) is 0 Å². The molecule has 0 heterocycles. The van der Waals surface area contributed by atoms with E-state index in [0.29, 0.717) is 0 Å². The summed E-state index contributed by atoms with van der Waals surface area (Å²) in [7, 11) is 0. The number of fused-ring (bicyclic) bond motifs is 4. The van der Waals surface area contributed by atoms with Crippen molar-refractivity contribution in [2.24, 2.45) is 0 Å².